The van der Waals surface area contributed by atoms with E-state index in [2.05, 4.69) is 34.5 Å². The van der Waals surface area contributed by atoms with Crippen LogP contribution in [0.15, 0.2) is 35.3 Å². The van der Waals surface area contributed by atoms with Gasteiger partial charge >= 0.3 is 0 Å². The number of aliphatic imine (C=N–C) groups is 1. The smallest absolute Gasteiger partial charge is 0.0614 e. The largest absolute Gasteiger partial charge is 0.229 e. The first-order valence-corrected chi connectivity index (χ1v) is 4.34. The van der Waals surface area contributed by atoms with Crippen LogP contribution in [-0.2, 0) is 6.42 Å². The molecular weight excluding hydrogens is 166 g/mol. The van der Waals surface area contributed by atoms with Crippen molar-refractivity contribution in [2.75, 3.05) is 0 Å². The van der Waals surface area contributed by atoms with Crippen LogP contribution in [0.3, 0.4) is 0 Å². The summed E-state index contributed by atoms with van der Waals surface area (Å²) >= 11 is 4.53. The molecule has 0 saturated carbocycles. The highest BCUT2D eigenvalue weighted by molar-refractivity contribution is 7.78. The second-order valence-electron chi connectivity index (χ2n) is 2.76. The lowest BCUT2D eigenvalue weighted by Gasteiger charge is -2.02. The van der Waals surface area contributed by atoms with Crippen molar-refractivity contribution in [1.82, 2.24) is 0 Å². The molecule has 0 N–H and O–H groups in total. The minimum atomic E-state index is 0.241. The molecule has 0 saturated heterocycles. The summed E-state index contributed by atoms with van der Waals surface area (Å²) in [6, 6.07) is 10.5. The van der Waals surface area contributed by atoms with Gasteiger partial charge in [0.05, 0.1) is 11.2 Å². The number of nitrogens with zero attached hydrogens (tertiary/aromatic N) is 1. The molecule has 0 spiro atoms. The first-order chi connectivity index (χ1) is 5.83. The van der Waals surface area contributed by atoms with E-state index in [-0.39, 0.29) is 6.04 Å². The molecule has 0 heterocycles. The van der Waals surface area contributed by atoms with Crippen molar-refractivity contribution in [3.8, 4) is 0 Å². The summed E-state index contributed by atoms with van der Waals surface area (Å²) in [5, 5.41) is 2.40. The van der Waals surface area contributed by atoms with Crippen molar-refractivity contribution in [2.24, 2.45) is 4.99 Å². The molecule has 2 heteroatoms. The number of isothiocyanates is 1. The van der Waals surface area contributed by atoms with E-state index in [4.69, 9.17) is 0 Å². The van der Waals surface area contributed by atoms with Crippen LogP contribution in [0.2, 0.25) is 0 Å². The first kappa shape index (κ1) is 9.11. The molecule has 12 heavy (non-hydrogen) atoms. The van der Waals surface area contributed by atoms with Crippen molar-refractivity contribution in [2.45, 2.75) is 19.4 Å². The van der Waals surface area contributed by atoms with Gasteiger partial charge in [0.2, 0.25) is 0 Å². The standard InChI is InChI=1S/C10H11NS/c1-9(11-8-12)7-10-5-3-2-4-6-10/h2-6,9H,7H2,1H3/t9-/m1/s1. The summed E-state index contributed by atoms with van der Waals surface area (Å²) in [7, 11) is 0. The van der Waals surface area contributed by atoms with Crippen LogP contribution in [0.25, 0.3) is 0 Å². The zero-order chi connectivity index (χ0) is 8.81. The molecule has 0 bridgehead atoms. The number of hydrogen-bond acceptors (Lipinski definition) is 2. The molecule has 0 aliphatic heterocycles. The van der Waals surface area contributed by atoms with Gasteiger partial charge in [0.25, 0.3) is 0 Å². The van der Waals surface area contributed by atoms with Gasteiger partial charge in [0.15, 0.2) is 0 Å². The third-order valence-corrected chi connectivity index (χ3v) is 1.75. The molecule has 1 aromatic carbocycles. The Morgan fingerprint density at radius 3 is 2.67 bits per heavy atom. The summed E-state index contributed by atoms with van der Waals surface area (Å²) in [5.41, 5.74) is 1.29. The normalized spacial score (nSPS) is 11.8. The molecule has 1 aromatic rings. The van der Waals surface area contributed by atoms with Gasteiger partial charge in [-0.2, -0.15) is 0 Å². The lowest BCUT2D eigenvalue weighted by molar-refractivity contribution is 0.746. The van der Waals surface area contributed by atoms with Gasteiger partial charge in [-0.3, -0.25) is 0 Å². The minimum absolute atomic E-state index is 0.241. The molecule has 0 amide bonds. The van der Waals surface area contributed by atoms with Gasteiger partial charge < -0.3 is 0 Å². The third kappa shape index (κ3) is 2.95. The summed E-state index contributed by atoms with van der Waals surface area (Å²) in [4.78, 5) is 3.98. The van der Waals surface area contributed by atoms with Crippen molar-refractivity contribution in [3.05, 3.63) is 35.9 Å². The summed E-state index contributed by atoms with van der Waals surface area (Å²) < 4.78 is 0. The van der Waals surface area contributed by atoms with Crippen molar-refractivity contribution in [1.29, 1.82) is 0 Å². The van der Waals surface area contributed by atoms with E-state index >= 15 is 0 Å². The van der Waals surface area contributed by atoms with Crippen molar-refractivity contribution in [3.63, 3.8) is 0 Å². The predicted molar refractivity (Wildman–Crippen MR) is 54.6 cm³/mol. The summed E-state index contributed by atoms with van der Waals surface area (Å²) in [5.74, 6) is 0. The van der Waals surface area contributed by atoms with Gasteiger partial charge in [-0.15, -0.1) is 0 Å². The number of thiocarbonyl (C=S) groups is 1. The molecule has 0 aliphatic carbocycles. The molecule has 0 unspecified atom stereocenters. The van der Waals surface area contributed by atoms with E-state index in [0.717, 1.165) is 6.42 Å². The van der Waals surface area contributed by atoms with Crippen LogP contribution in [0.4, 0.5) is 0 Å². The molecule has 0 aromatic heterocycles. The Bertz CT molecular complexity index is 275. The Labute approximate surface area is 78.1 Å². The van der Waals surface area contributed by atoms with Crippen molar-refractivity contribution >= 4 is 17.4 Å². The monoisotopic (exact) mass is 177 g/mol. The van der Waals surface area contributed by atoms with Crippen LogP contribution in [-0.4, -0.2) is 11.2 Å². The highest BCUT2D eigenvalue weighted by atomic mass is 32.1. The number of rotatable bonds is 3. The number of hydrogen-bond donors (Lipinski definition) is 0. The Kier molecular flexibility index (Phi) is 3.65. The maximum atomic E-state index is 4.53. The van der Waals surface area contributed by atoms with Gasteiger partial charge in [-0.1, -0.05) is 30.3 Å². The fraction of sp³-hybridized carbons (Fsp3) is 0.300. The zero-order valence-electron chi connectivity index (χ0n) is 7.03. The topological polar surface area (TPSA) is 12.4 Å². The molecule has 0 aliphatic rings. The van der Waals surface area contributed by atoms with Crippen LogP contribution in [0, 0.1) is 0 Å². The Morgan fingerprint density at radius 2 is 2.08 bits per heavy atom. The van der Waals surface area contributed by atoms with Gasteiger partial charge in [0.1, 0.15) is 0 Å². The summed E-state index contributed by atoms with van der Waals surface area (Å²) in [6.45, 7) is 2.03. The fourth-order valence-corrected chi connectivity index (χ4v) is 1.27. The predicted octanol–water partition coefficient (Wildman–Crippen LogP) is 2.72. The zero-order valence-corrected chi connectivity index (χ0v) is 7.84. The molecule has 0 radical (unpaired) electrons. The average Bonchev–Trinajstić information content (AvgIpc) is 2.06. The van der Waals surface area contributed by atoms with Gasteiger partial charge in [0, 0.05) is 0 Å². The molecule has 1 rings (SSSR count). The Hall–Kier alpha value is -0.980. The van der Waals surface area contributed by atoms with E-state index in [9.17, 15) is 0 Å². The molecular formula is C10H11NS. The van der Waals surface area contributed by atoms with Crippen molar-refractivity contribution < 1.29 is 0 Å². The van der Waals surface area contributed by atoms with E-state index in [1.54, 1.807) is 0 Å². The molecule has 1 nitrogen and oxygen atoms in total. The molecule has 1 atom stereocenters. The van der Waals surface area contributed by atoms with Crippen LogP contribution >= 0.6 is 12.2 Å². The second-order valence-corrected chi connectivity index (χ2v) is 2.94. The lowest BCUT2D eigenvalue weighted by Crippen LogP contribution is -2.01. The van der Waals surface area contributed by atoms with Crippen LogP contribution in [0.1, 0.15) is 12.5 Å². The third-order valence-electron chi connectivity index (χ3n) is 1.65. The van der Waals surface area contributed by atoms with Crippen LogP contribution in [0.5, 0.6) is 0 Å². The maximum Gasteiger partial charge on any atom is 0.0614 e. The SMILES string of the molecule is C[C@H](Cc1ccccc1)N=C=S. The summed E-state index contributed by atoms with van der Waals surface area (Å²) in [6.07, 6.45) is 0.935. The maximum absolute atomic E-state index is 4.53. The number of benzene rings is 1. The Morgan fingerprint density at radius 1 is 1.42 bits per heavy atom. The van der Waals surface area contributed by atoms with E-state index in [1.165, 1.54) is 5.56 Å². The van der Waals surface area contributed by atoms with E-state index < -0.39 is 0 Å². The van der Waals surface area contributed by atoms with Gasteiger partial charge in [-0.25, -0.2) is 4.99 Å². The van der Waals surface area contributed by atoms with E-state index in [0.29, 0.717) is 0 Å². The average molecular weight is 177 g/mol. The molecule has 0 fully saturated rings. The minimum Gasteiger partial charge on any atom is -0.229 e. The highest BCUT2D eigenvalue weighted by Crippen LogP contribution is 2.04. The quantitative estimate of drug-likeness (QED) is 0.511. The second kappa shape index (κ2) is 4.81. The van der Waals surface area contributed by atoms with Crippen LogP contribution < -0.4 is 0 Å². The fourth-order valence-electron chi connectivity index (χ4n) is 1.09. The lowest BCUT2D eigenvalue weighted by atomic mass is 10.1. The van der Waals surface area contributed by atoms with E-state index in [1.807, 2.05) is 25.1 Å². The Balaban J connectivity index is 2.58. The molecule has 62 valence electrons. The highest BCUT2D eigenvalue weighted by Gasteiger charge is 1.98. The van der Waals surface area contributed by atoms with Gasteiger partial charge in [-0.05, 0) is 31.1 Å². The first-order valence-electron chi connectivity index (χ1n) is 3.94.